The van der Waals surface area contributed by atoms with Crippen molar-refractivity contribution in [3.05, 3.63) is 28.8 Å². The van der Waals surface area contributed by atoms with Crippen LogP contribution in [0, 0.1) is 0 Å². The highest BCUT2D eigenvalue weighted by molar-refractivity contribution is 6.31. The van der Waals surface area contributed by atoms with E-state index >= 15 is 0 Å². The van der Waals surface area contributed by atoms with Crippen LogP contribution in [-0.2, 0) is 0 Å². The van der Waals surface area contributed by atoms with Crippen LogP contribution in [0.4, 0.5) is 10.5 Å². The Hall–Kier alpha value is -1.75. The number of hydrogen-bond donors (Lipinski definition) is 3. The number of rotatable bonds is 4. The largest absolute Gasteiger partial charge is 0.478 e. The number of nitrogens with one attached hydrogen (secondary N) is 2. The van der Waals surface area contributed by atoms with Crippen molar-refractivity contribution in [3.63, 3.8) is 0 Å². The van der Waals surface area contributed by atoms with E-state index in [1.807, 2.05) is 6.92 Å². The predicted molar refractivity (Wildman–Crippen MR) is 77.4 cm³/mol. The Morgan fingerprint density at radius 3 is 2.55 bits per heavy atom. The summed E-state index contributed by atoms with van der Waals surface area (Å²) in [5.74, 6) is -1.08. The lowest BCUT2D eigenvalue weighted by atomic mass is 9.75. The first kappa shape index (κ1) is 14.7. The van der Waals surface area contributed by atoms with Gasteiger partial charge in [-0.05, 0) is 43.9 Å². The van der Waals surface area contributed by atoms with E-state index in [0.29, 0.717) is 5.69 Å². The molecule has 108 valence electrons. The first-order valence-electron chi connectivity index (χ1n) is 6.57. The van der Waals surface area contributed by atoms with E-state index in [2.05, 4.69) is 10.6 Å². The Balaban J connectivity index is 2.06. The number of halogens is 1. The standard InChI is InChI=1S/C14H17ClN2O3/c1-2-14(4-3-5-14)17-13(20)16-11-7-9(12(18)19)6-10(15)8-11/h6-8H,2-5H2,1H3,(H,18,19)(H2,16,17,20). The fourth-order valence-corrected chi connectivity index (χ4v) is 2.59. The summed E-state index contributed by atoms with van der Waals surface area (Å²) in [5, 5.41) is 14.8. The number of anilines is 1. The van der Waals surface area contributed by atoms with E-state index in [9.17, 15) is 9.59 Å². The monoisotopic (exact) mass is 296 g/mol. The van der Waals surface area contributed by atoms with Gasteiger partial charge in [-0.2, -0.15) is 0 Å². The number of urea groups is 1. The molecular formula is C14H17ClN2O3. The smallest absolute Gasteiger partial charge is 0.335 e. The first-order chi connectivity index (χ1) is 9.44. The molecule has 0 spiro atoms. The van der Waals surface area contributed by atoms with Gasteiger partial charge in [0.25, 0.3) is 0 Å². The van der Waals surface area contributed by atoms with E-state index < -0.39 is 5.97 Å². The third-order valence-corrected chi connectivity index (χ3v) is 3.99. The van der Waals surface area contributed by atoms with E-state index in [-0.39, 0.29) is 22.2 Å². The molecule has 1 aromatic carbocycles. The fourth-order valence-electron chi connectivity index (χ4n) is 2.36. The van der Waals surface area contributed by atoms with Crippen molar-refractivity contribution in [2.75, 3.05) is 5.32 Å². The summed E-state index contributed by atoms with van der Waals surface area (Å²) in [6.07, 6.45) is 3.96. The average Bonchev–Trinajstić information content (AvgIpc) is 2.33. The number of carbonyl (C=O) groups is 2. The molecule has 2 rings (SSSR count). The Labute approximate surface area is 122 Å². The van der Waals surface area contributed by atoms with Crippen LogP contribution in [0.1, 0.15) is 43.0 Å². The van der Waals surface area contributed by atoms with Gasteiger partial charge in [-0.3, -0.25) is 0 Å². The summed E-state index contributed by atoms with van der Waals surface area (Å²) in [5.41, 5.74) is 0.304. The van der Waals surface area contributed by atoms with Crippen LogP contribution in [0.5, 0.6) is 0 Å². The molecule has 1 aromatic rings. The zero-order chi connectivity index (χ0) is 14.8. The number of carbonyl (C=O) groups excluding carboxylic acids is 1. The third kappa shape index (κ3) is 3.22. The van der Waals surface area contributed by atoms with Gasteiger partial charge in [0.2, 0.25) is 0 Å². The zero-order valence-corrected chi connectivity index (χ0v) is 12.0. The van der Waals surface area contributed by atoms with Gasteiger partial charge in [0.1, 0.15) is 0 Å². The van der Waals surface area contributed by atoms with Crippen LogP contribution in [0.15, 0.2) is 18.2 Å². The third-order valence-electron chi connectivity index (χ3n) is 3.77. The van der Waals surface area contributed by atoms with E-state index in [4.69, 9.17) is 16.7 Å². The molecule has 0 radical (unpaired) electrons. The molecule has 1 aliphatic carbocycles. The summed E-state index contributed by atoms with van der Waals surface area (Å²) in [7, 11) is 0. The molecule has 0 bridgehead atoms. The Morgan fingerprint density at radius 2 is 2.05 bits per heavy atom. The zero-order valence-electron chi connectivity index (χ0n) is 11.2. The molecule has 20 heavy (non-hydrogen) atoms. The molecule has 1 fully saturated rings. The molecule has 0 saturated heterocycles. The average molecular weight is 297 g/mol. The highest BCUT2D eigenvalue weighted by atomic mass is 35.5. The summed E-state index contributed by atoms with van der Waals surface area (Å²) < 4.78 is 0. The summed E-state index contributed by atoms with van der Waals surface area (Å²) in [6, 6.07) is 3.91. The molecule has 1 saturated carbocycles. The molecule has 0 unspecified atom stereocenters. The van der Waals surface area contributed by atoms with Gasteiger partial charge in [0, 0.05) is 16.2 Å². The van der Waals surface area contributed by atoms with Gasteiger partial charge < -0.3 is 15.7 Å². The number of aromatic carboxylic acids is 1. The van der Waals surface area contributed by atoms with E-state index in [1.54, 1.807) is 0 Å². The Kier molecular flexibility index (Phi) is 4.18. The summed E-state index contributed by atoms with van der Waals surface area (Å²) in [6.45, 7) is 2.04. The number of carboxylic acids is 1. The van der Waals surface area contributed by atoms with Gasteiger partial charge in [-0.25, -0.2) is 9.59 Å². The molecule has 0 heterocycles. The molecule has 0 atom stereocenters. The molecule has 3 N–H and O–H groups in total. The van der Waals surface area contributed by atoms with Gasteiger partial charge in [0.15, 0.2) is 0 Å². The number of amides is 2. The fraction of sp³-hybridized carbons (Fsp3) is 0.429. The highest BCUT2D eigenvalue weighted by Crippen LogP contribution is 2.34. The van der Waals surface area contributed by atoms with Crippen molar-refractivity contribution >= 4 is 29.3 Å². The van der Waals surface area contributed by atoms with Crippen molar-refractivity contribution < 1.29 is 14.7 Å². The first-order valence-corrected chi connectivity index (χ1v) is 6.95. The van der Waals surface area contributed by atoms with Crippen molar-refractivity contribution in [2.24, 2.45) is 0 Å². The second-order valence-corrected chi connectivity index (χ2v) is 5.54. The molecular weight excluding hydrogens is 280 g/mol. The van der Waals surface area contributed by atoms with Gasteiger partial charge in [-0.15, -0.1) is 0 Å². The predicted octanol–water partition coefficient (Wildman–Crippen LogP) is 3.49. The van der Waals surface area contributed by atoms with Crippen molar-refractivity contribution in [1.29, 1.82) is 0 Å². The van der Waals surface area contributed by atoms with Crippen molar-refractivity contribution in [3.8, 4) is 0 Å². The Bertz CT molecular complexity index is 536. The number of carboxylic acid groups (broad SMARTS) is 1. The molecule has 5 nitrogen and oxygen atoms in total. The second kappa shape index (κ2) is 5.71. The molecule has 0 aliphatic heterocycles. The van der Waals surface area contributed by atoms with Crippen LogP contribution >= 0.6 is 11.6 Å². The lowest BCUT2D eigenvalue weighted by Gasteiger charge is -2.41. The van der Waals surface area contributed by atoms with Crippen LogP contribution in [0.3, 0.4) is 0 Å². The topological polar surface area (TPSA) is 78.4 Å². The number of hydrogen-bond acceptors (Lipinski definition) is 2. The van der Waals surface area contributed by atoms with Crippen LogP contribution in [-0.4, -0.2) is 22.6 Å². The normalized spacial score (nSPS) is 16.1. The second-order valence-electron chi connectivity index (χ2n) is 5.10. The Morgan fingerprint density at radius 1 is 1.35 bits per heavy atom. The quantitative estimate of drug-likeness (QED) is 0.796. The van der Waals surface area contributed by atoms with Crippen molar-refractivity contribution in [2.45, 2.75) is 38.1 Å². The maximum Gasteiger partial charge on any atom is 0.335 e. The SMILES string of the molecule is CCC1(NC(=O)Nc2cc(Cl)cc(C(=O)O)c2)CCC1. The van der Waals surface area contributed by atoms with Crippen LogP contribution < -0.4 is 10.6 Å². The highest BCUT2D eigenvalue weighted by Gasteiger charge is 2.36. The van der Waals surface area contributed by atoms with Crippen LogP contribution in [0.25, 0.3) is 0 Å². The minimum Gasteiger partial charge on any atom is -0.478 e. The molecule has 2 amide bonds. The number of benzene rings is 1. The lowest BCUT2D eigenvalue weighted by molar-refractivity contribution is 0.0697. The van der Waals surface area contributed by atoms with Crippen LogP contribution in [0.2, 0.25) is 5.02 Å². The summed E-state index contributed by atoms with van der Waals surface area (Å²) >= 11 is 5.84. The molecule has 1 aliphatic rings. The maximum absolute atomic E-state index is 12.0. The van der Waals surface area contributed by atoms with Gasteiger partial charge >= 0.3 is 12.0 Å². The van der Waals surface area contributed by atoms with Gasteiger partial charge in [0.05, 0.1) is 5.56 Å². The molecule has 6 heteroatoms. The van der Waals surface area contributed by atoms with E-state index in [1.165, 1.54) is 18.2 Å². The minimum absolute atomic E-state index is 0.0432. The molecule has 0 aromatic heterocycles. The van der Waals surface area contributed by atoms with E-state index in [0.717, 1.165) is 25.7 Å². The maximum atomic E-state index is 12.0. The lowest BCUT2D eigenvalue weighted by Crippen LogP contribution is -2.54. The van der Waals surface area contributed by atoms with Crippen molar-refractivity contribution in [1.82, 2.24) is 5.32 Å². The summed E-state index contributed by atoms with van der Waals surface area (Å²) in [4.78, 5) is 22.9. The minimum atomic E-state index is -1.08. The van der Waals surface area contributed by atoms with Gasteiger partial charge in [-0.1, -0.05) is 18.5 Å².